The van der Waals surface area contributed by atoms with Gasteiger partial charge < -0.3 is 9.88 Å². The lowest BCUT2D eigenvalue weighted by Crippen LogP contribution is -2.31. The molecule has 0 spiro atoms. The van der Waals surface area contributed by atoms with Gasteiger partial charge in [0.05, 0.1) is 17.8 Å². The summed E-state index contributed by atoms with van der Waals surface area (Å²) in [6.45, 7) is 9.34. The summed E-state index contributed by atoms with van der Waals surface area (Å²) in [5.41, 5.74) is 1.99. The third-order valence-corrected chi connectivity index (χ3v) is 4.48. The molecule has 3 rings (SSSR count). The van der Waals surface area contributed by atoms with E-state index >= 15 is 0 Å². The van der Waals surface area contributed by atoms with Crippen molar-refractivity contribution in [2.24, 2.45) is 0 Å². The predicted molar refractivity (Wildman–Crippen MR) is 98.3 cm³/mol. The van der Waals surface area contributed by atoms with Gasteiger partial charge in [-0.2, -0.15) is 5.10 Å². The standard InChI is InChI=1S/C19H25N5O/c1-5-24-17-9-7-6-8-15(17)16(22-24)12-21-19(25)14(4)23-11-10-20-18(23)13(2)3/h6-11,13-14H,5,12H2,1-4H3,(H,21,25)/t14-/m0/s1. The number of carbonyl (C=O) groups excluding carboxylic acids is 1. The summed E-state index contributed by atoms with van der Waals surface area (Å²) in [6.07, 6.45) is 3.61. The van der Waals surface area contributed by atoms with Crippen molar-refractivity contribution in [2.75, 3.05) is 0 Å². The molecule has 132 valence electrons. The molecule has 0 radical (unpaired) electrons. The molecule has 0 aliphatic rings. The number of aryl methyl sites for hydroxylation is 1. The highest BCUT2D eigenvalue weighted by atomic mass is 16.2. The Hall–Kier alpha value is -2.63. The molecule has 1 N–H and O–H groups in total. The molecule has 1 amide bonds. The minimum atomic E-state index is -0.306. The molecule has 1 aromatic carbocycles. The molecular weight excluding hydrogens is 314 g/mol. The number of imidazole rings is 1. The van der Waals surface area contributed by atoms with Gasteiger partial charge in [-0.1, -0.05) is 32.0 Å². The second kappa shape index (κ2) is 7.09. The van der Waals surface area contributed by atoms with Crippen LogP contribution in [-0.2, 0) is 17.9 Å². The second-order valence-electron chi connectivity index (χ2n) is 6.52. The molecule has 6 heteroatoms. The Balaban J connectivity index is 1.75. The number of benzene rings is 1. The minimum Gasteiger partial charge on any atom is -0.349 e. The van der Waals surface area contributed by atoms with E-state index in [1.54, 1.807) is 6.20 Å². The van der Waals surface area contributed by atoms with Gasteiger partial charge in [-0.25, -0.2) is 4.98 Å². The fourth-order valence-corrected chi connectivity index (χ4v) is 3.11. The van der Waals surface area contributed by atoms with Crippen LogP contribution < -0.4 is 5.32 Å². The third kappa shape index (κ3) is 3.29. The van der Waals surface area contributed by atoms with Crippen LogP contribution in [0.15, 0.2) is 36.7 Å². The molecule has 25 heavy (non-hydrogen) atoms. The normalized spacial score (nSPS) is 12.7. The smallest absolute Gasteiger partial charge is 0.243 e. The molecule has 0 fully saturated rings. The fraction of sp³-hybridized carbons (Fsp3) is 0.421. The van der Waals surface area contributed by atoms with E-state index in [9.17, 15) is 4.79 Å². The van der Waals surface area contributed by atoms with Crippen molar-refractivity contribution in [3.63, 3.8) is 0 Å². The summed E-state index contributed by atoms with van der Waals surface area (Å²) < 4.78 is 3.90. The van der Waals surface area contributed by atoms with Gasteiger partial charge in [0.2, 0.25) is 5.91 Å². The lowest BCUT2D eigenvalue weighted by Gasteiger charge is -2.17. The second-order valence-corrected chi connectivity index (χ2v) is 6.52. The van der Waals surface area contributed by atoms with Gasteiger partial charge in [0.25, 0.3) is 0 Å². The number of para-hydroxylation sites is 1. The van der Waals surface area contributed by atoms with Crippen molar-refractivity contribution in [3.8, 4) is 0 Å². The lowest BCUT2D eigenvalue weighted by molar-refractivity contribution is -0.124. The average Bonchev–Trinajstić information content (AvgIpc) is 3.24. The Bertz CT molecular complexity index is 877. The molecular formula is C19H25N5O. The van der Waals surface area contributed by atoms with Gasteiger partial charge in [-0.05, 0) is 19.9 Å². The highest BCUT2D eigenvalue weighted by molar-refractivity contribution is 5.83. The van der Waals surface area contributed by atoms with Gasteiger partial charge >= 0.3 is 0 Å². The van der Waals surface area contributed by atoms with E-state index in [1.807, 2.05) is 40.6 Å². The van der Waals surface area contributed by atoms with Crippen LogP contribution in [0.1, 0.15) is 51.2 Å². The number of hydrogen-bond acceptors (Lipinski definition) is 3. The molecule has 0 saturated carbocycles. The molecule has 0 bridgehead atoms. The third-order valence-electron chi connectivity index (χ3n) is 4.48. The van der Waals surface area contributed by atoms with Gasteiger partial charge in [0, 0.05) is 30.2 Å². The largest absolute Gasteiger partial charge is 0.349 e. The van der Waals surface area contributed by atoms with E-state index in [1.165, 1.54) is 0 Å². The van der Waals surface area contributed by atoms with Gasteiger partial charge in [-0.15, -0.1) is 0 Å². The Labute approximate surface area is 147 Å². The molecule has 6 nitrogen and oxygen atoms in total. The lowest BCUT2D eigenvalue weighted by atomic mass is 10.2. The van der Waals surface area contributed by atoms with Gasteiger partial charge in [0.1, 0.15) is 11.9 Å². The van der Waals surface area contributed by atoms with E-state index in [4.69, 9.17) is 0 Å². The quantitative estimate of drug-likeness (QED) is 0.750. The Morgan fingerprint density at radius 1 is 1.24 bits per heavy atom. The van der Waals surface area contributed by atoms with E-state index in [2.05, 4.69) is 42.2 Å². The van der Waals surface area contributed by atoms with Crippen LogP contribution in [-0.4, -0.2) is 25.2 Å². The molecule has 1 atom stereocenters. The number of carbonyl (C=O) groups is 1. The topological polar surface area (TPSA) is 64.7 Å². The Kier molecular flexibility index (Phi) is 4.88. The zero-order chi connectivity index (χ0) is 18.0. The monoisotopic (exact) mass is 339 g/mol. The van der Waals surface area contributed by atoms with Crippen LogP contribution in [0, 0.1) is 0 Å². The van der Waals surface area contributed by atoms with E-state index in [-0.39, 0.29) is 17.9 Å². The number of aromatic nitrogens is 4. The maximum atomic E-state index is 12.6. The molecule has 0 unspecified atom stereocenters. The van der Waals surface area contributed by atoms with E-state index < -0.39 is 0 Å². The van der Waals surface area contributed by atoms with Crippen LogP contribution in [0.3, 0.4) is 0 Å². The van der Waals surface area contributed by atoms with Crippen LogP contribution >= 0.6 is 0 Å². The Morgan fingerprint density at radius 3 is 2.72 bits per heavy atom. The molecule has 0 aliphatic heterocycles. The van der Waals surface area contributed by atoms with Crippen LogP contribution in [0.25, 0.3) is 10.9 Å². The molecule has 3 aromatic rings. The SMILES string of the molecule is CCn1nc(CNC(=O)[C@H](C)n2ccnc2C(C)C)c2ccccc21. The summed E-state index contributed by atoms with van der Waals surface area (Å²) in [5.74, 6) is 1.16. The number of amides is 1. The van der Waals surface area contributed by atoms with Gasteiger partial charge in [-0.3, -0.25) is 9.48 Å². The number of fused-ring (bicyclic) bond motifs is 1. The summed E-state index contributed by atoms with van der Waals surface area (Å²) in [6, 6.07) is 7.80. The van der Waals surface area contributed by atoms with Crippen molar-refractivity contribution in [3.05, 3.63) is 48.2 Å². The highest BCUT2D eigenvalue weighted by Gasteiger charge is 2.19. The van der Waals surface area contributed by atoms with Gasteiger partial charge in [0.15, 0.2) is 0 Å². The first kappa shape index (κ1) is 17.2. The summed E-state index contributed by atoms with van der Waals surface area (Å²) >= 11 is 0. The summed E-state index contributed by atoms with van der Waals surface area (Å²) in [7, 11) is 0. The van der Waals surface area contributed by atoms with E-state index in [0.717, 1.165) is 29.0 Å². The van der Waals surface area contributed by atoms with Crippen molar-refractivity contribution in [2.45, 2.75) is 52.7 Å². The zero-order valence-electron chi connectivity index (χ0n) is 15.2. The highest BCUT2D eigenvalue weighted by Crippen LogP contribution is 2.20. The number of nitrogens with zero attached hydrogens (tertiary/aromatic N) is 4. The van der Waals surface area contributed by atoms with E-state index in [0.29, 0.717) is 6.54 Å². The van der Waals surface area contributed by atoms with Crippen LogP contribution in [0.2, 0.25) is 0 Å². The maximum absolute atomic E-state index is 12.6. The molecule has 0 aliphatic carbocycles. The molecule has 2 heterocycles. The number of hydrogen-bond donors (Lipinski definition) is 1. The zero-order valence-corrected chi connectivity index (χ0v) is 15.2. The first-order valence-electron chi connectivity index (χ1n) is 8.77. The molecule has 2 aromatic heterocycles. The fourth-order valence-electron chi connectivity index (χ4n) is 3.11. The van der Waals surface area contributed by atoms with Crippen molar-refractivity contribution in [1.82, 2.24) is 24.6 Å². The van der Waals surface area contributed by atoms with Crippen molar-refractivity contribution in [1.29, 1.82) is 0 Å². The Morgan fingerprint density at radius 2 is 2.00 bits per heavy atom. The first-order chi connectivity index (χ1) is 12.0. The minimum absolute atomic E-state index is 0.0324. The van der Waals surface area contributed by atoms with Crippen LogP contribution in [0.5, 0.6) is 0 Å². The van der Waals surface area contributed by atoms with Crippen molar-refractivity contribution >= 4 is 16.8 Å². The van der Waals surface area contributed by atoms with Crippen molar-refractivity contribution < 1.29 is 4.79 Å². The summed E-state index contributed by atoms with van der Waals surface area (Å²) in [4.78, 5) is 17.0. The first-order valence-corrected chi connectivity index (χ1v) is 8.77. The average molecular weight is 339 g/mol. The maximum Gasteiger partial charge on any atom is 0.243 e. The molecule has 0 saturated heterocycles. The number of nitrogens with one attached hydrogen (secondary N) is 1. The summed E-state index contributed by atoms with van der Waals surface area (Å²) in [5, 5.41) is 8.74. The predicted octanol–water partition coefficient (Wildman–Crippen LogP) is 3.25. The van der Waals surface area contributed by atoms with Crippen LogP contribution in [0.4, 0.5) is 0 Å². The number of rotatable bonds is 6.